The first kappa shape index (κ1) is 16.7. The molecule has 0 spiro atoms. The lowest BCUT2D eigenvalue weighted by Crippen LogP contribution is -2.41. The molecule has 0 aliphatic carbocycles. The van der Waals surface area contributed by atoms with E-state index in [0.717, 1.165) is 17.5 Å². The zero-order valence-electron chi connectivity index (χ0n) is 12.8. The molecule has 0 saturated heterocycles. The molecule has 0 aliphatic heterocycles. The van der Waals surface area contributed by atoms with Crippen molar-refractivity contribution in [1.29, 1.82) is 0 Å². The van der Waals surface area contributed by atoms with Gasteiger partial charge in [-0.25, -0.2) is 0 Å². The van der Waals surface area contributed by atoms with Crippen LogP contribution in [0.1, 0.15) is 31.4 Å². The van der Waals surface area contributed by atoms with Gasteiger partial charge in [-0.2, -0.15) is 0 Å². The van der Waals surface area contributed by atoms with Crippen LogP contribution in [-0.4, -0.2) is 37.1 Å². The topological polar surface area (TPSA) is 55.6 Å². The summed E-state index contributed by atoms with van der Waals surface area (Å²) in [5, 5.41) is 0. The van der Waals surface area contributed by atoms with Gasteiger partial charge in [0.05, 0.1) is 13.0 Å². The van der Waals surface area contributed by atoms with Crippen molar-refractivity contribution in [3.63, 3.8) is 0 Å². The number of hydrogen-bond acceptors (Lipinski definition) is 3. The zero-order valence-corrected chi connectivity index (χ0v) is 12.8. The molecule has 1 aromatic carbocycles. The van der Waals surface area contributed by atoms with Gasteiger partial charge in [0, 0.05) is 26.2 Å². The summed E-state index contributed by atoms with van der Waals surface area (Å²) in [6.07, 6.45) is 1.38. The van der Waals surface area contributed by atoms with Gasteiger partial charge in [-0.3, -0.25) is 4.79 Å². The fraction of sp³-hybridized carbons (Fsp3) is 0.562. The van der Waals surface area contributed by atoms with Crippen LogP contribution in [0, 0.1) is 0 Å². The number of benzene rings is 1. The first-order chi connectivity index (χ1) is 9.62. The van der Waals surface area contributed by atoms with Crippen LogP contribution in [-0.2, 0) is 22.5 Å². The standard InChI is InChI=1S/C16H26N2O2/c1-4-13(2)18(9-10-20-3)16(19)11-14-5-7-15(12-17)8-6-14/h5-8,13H,4,9-12,17H2,1-3H3. The molecule has 0 bridgehead atoms. The molecule has 1 atom stereocenters. The summed E-state index contributed by atoms with van der Waals surface area (Å²) in [5.74, 6) is 0.150. The monoisotopic (exact) mass is 278 g/mol. The predicted octanol–water partition coefficient (Wildman–Crippen LogP) is 1.96. The maximum absolute atomic E-state index is 12.4. The highest BCUT2D eigenvalue weighted by molar-refractivity contribution is 5.79. The average molecular weight is 278 g/mol. The highest BCUT2D eigenvalue weighted by atomic mass is 16.5. The molecule has 2 N–H and O–H groups in total. The Balaban J connectivity index is 2.68. The molecule has 0 aliphatic rings. The summed E-state index contributed by atoms with van der Waals surface area (Å²) in [4.78, 5) is 14.3. The number of amides is 1. The van der Waals surface area contributed by atoms with Crippen LogP contribution in [0.25, 0.3) is 0 Å². The van der Waals surface area contributed by atoms with Crippen LogP contribution >= 0.6 is 0 Å². The van der Waals surface area contributed by atoms with Gasteiger partial charge in [-0.05, 0) is 24.5 Å². The maximum Gasteiger partial charge on any atom is 0.227 e. The number of carbonyl (C=O) groups excluding carboxylic acids is 1. The second kappa shape index (κ2) is 8.72. The predicted molar refractivity (Wildman–Crippen MR) is 81.4 cm³/mol. The normalized spacial score (nSPS) is 12.2. The zero-order chi connectivity index (χ0) is 15.0. The first-order valence-corrected chi connectivity index (χ1v) is 7.18. The Hall–Kier alpha value is -1.39. The van der Waals surface area contributed by atoms with Crippen molar-refractivity contribution in [3.8, 4) is 0 Å². The Kier molecular flexibility index (Phi) is 7.26. The molecular formula is C16H26N2O2. The van der Waals surface area contributed by atoms with E-state index in [1.807, 2.05) is 29.2 Å². The van der Waals surface area contributed by atoms with Crippen LogP contribution in [0.15, 0.2) is 24.3 Å². The second-order valence-electron chi connectivity index (χ2n) is 5.03. The Morgan fingerprint density at radius 1 is 1.30 bits per heavy atom. The number of nitrogens with zero attached hydrogens (tertiary/aromatic N) is 1. The van der Waals surface area contributed by atoms with Gasteiger partial charge in [0.25, 0.3) is 0 Å². The summed E-state index contributed by atoms with van der Waals surface area (Å²) in [5.41, 5.74) is 7.68. The molecule has 20 heavy (non-hydrogen) atoms. The SMILES string of the molecule is CCC(C)N(CCOC)C(=O)Cc1ccc(CN)cc1. The van der Waals surface area contributed by atoms with E-state index in [1.54, 1.807) is 7.11 Å². The Bertz CT molecular complexity index is 403. The van der Waals surface area contributed by atoms with Crippen molar-refractivity contribution in [2.24, 2.45) is 5.73 Å². The van der Waals surface area contributed by atoms with Gasteiger partial charge in [0.15, 0.2) is 0 Å². The Morgan fingerprint density at radius 2 is 1.90 bits per heavy atom. The minimum Gasteiger partial charge on any atom is -0.383 e. The Labute approximate surface area is 121 Å². The van der Waals surface area contributed by atoms with E-state index in [0.29, 0.717) is 26.1 Å². The van der Waals surface area contributed by atoms with Gasteiger partial charge >= 0.3 is 0 Å². The van der Waals surface area contributed by atoms with Crippen molar-refractivity contribution in [3.05, 3.63) is 35.4 Å². The van der Waals surface area contributed by atoms with Crippen LogP contribution in [0.3, 0.4) is 0 Å². The smallest absolute Gasteiger partial charge is 0.227 e. The van der Waals surface area contributed by atoms with Gasteiger partial charge in [0.1, 0.15) is 0 Å². The van der Waals surface area contributed by atoms with E-state index in [1.165, 1.54) is 0 Å². The highest BCUT2D eigenvalue weighted by Crippen LogP contribution is 2.10. The van der Waals surface area contributed by atoms with Crippen LogP contribution in [0.4, 0.5) is 0 Å². The van der Waals surface area contributed by atoms with E-state index >= 15 is 0 Å². The summed E-state index contributed by atoms with van der Waals surface area (Å²) in [7, 11) is 1.66. The van der Waals surface area contributed by atoms with Gasteiger partial charge in [-0.15, -0.1) is 0 Å². The van der Waals surface area contributed by atoms with Crippen LogP contribution < -0.4 is 5.73 Å². The first-order valence-electron chi connectivity index (χ1n) is 7.18. The molecule has 0 saturated carbocycles. The van der Waals surface area contributed by atoms with Crippen LogP contribution in [0.5, 0.6) is 0 Å². The van der Waals surface area contributed by atoms with Gasteiger partial charge < -0.3 is 15.4 Å². The average Bonchev–Trinajstić information content (AvgIpc) is 2.48. The van der Waals surface area contributed by atoms with Gasteiger partial charge in [0.2, 0.25) is 5.91 Å². The molecule has 4 nitrogen and oxygen atoms in total. The third kappa shape index (κ3) is 4.94. The number of ether oxygens (including phenoxy) is 1. The molecule has 0 radical (unpaired) electrons. The lowest BCUT2D eigenvalue weighted by Gasteiger charge is -2.28. The summed E-state index contributed by atoms with van der Waals surface area (Å²) in [6, 6.07) is 8.15. The van der Waals surface area contributed by atoms with Crippen molar-refractivity contribution in [1.82, 2.24) is 4.90 Å². The Morgan fingerprint density at radius 3 is 2.40 bits per heavy atom. The lowest BCUT2D eigenvalue weighted by molar-refractivity contribution is -0.133. The fourth-order valence-corrected chi connectivity index (χ4v) is 2.07. The summed E-state index contributed by atoms with van der Waals surface area (Å²) >= 11 is 0. The van der Waals surface area contributed by atoms with E-state index in [4.69, 9.17) is 10.5 Å². The van der Waals surface area contributed by atoms with Gasteiger partial charge in [-0.1, -0.05) is 31.2 Å². The number of hydrogen-bond donors (Lipinski definition) is 1. The largest absolute Gasteiger partial charge is 0.383 e. The van der Waals surface area contributed by atoms with E-state index < -0.39 is 0 Å². The third-order valence-corrected chi connectivity index (χ3v) is 3.59. The molecule has 0 heterocycles. The number of nitrogens with two attached hydrogens (primary N) is 1. The summed E-state index contributed by atoms with van der Waals surface area (Å²) < 4.78 is 5.09. The fourth-order valence-electron chi connectivity index (χ4n) is 2.07. The number of methoxy groups -OCH3 is 1. The highest BCUT2D eigenvalue weighted by Gasteiger charge is 2.18. The van der Waals surface area contributed by atoms with E-state index in [2.05, 4.69) is 13.8 Å². The molecule has 1 unspecified atom stereocenters. The summed E-state index contributed by atoms with van der Waals surface area (Å²) in [6.45, 7) is 5.91. The second-order valence-corrected chi connectivity index (χ2v) is 5.03. The molecule has 0 fully saturated rings. The van der Waals surface area contributed by atoms with Crippen LogP contribution in [0.2, 0.25) is 0 Å². The molecular weight excluding hydrogens is 252 g/mol. The van der Waals surface area contributed by atoms with Crippen molar-refractivity contribution in [2.45, 2.75) is 39.3 Å². The quantitative estimate of drug-likeness (QED) is 0.791. The molecule has 112 valence electrons. The maximum atomic E-state index is 12.4. The van der Waals surface area contributed by atoms with E-state index in [9.17, 15) is 4.79 Å². The minimum atomic E-state index is 0.150. The van der Waals surface area contributed by atoms with Crippen molar-refractivity contribution < 1.29 is 9.53 Å². The molecule has 4 heteroatoms. The number of rotatable bonds is 8. The minimum absolute atomic E-state index is 0.150. The van der Waals surface area contributed by atoms with E-state index in [-0.39, 0.29) is 11.9 Å². The lowest BCUT2D eigenvalue weighted by atomic mass is 10.1. The number of carbonyl (C=O) groups is 1. The molecule has 1 aromatic rings. The van der Waals surface area contributed by atoms with Crippen molar-refractivity contribution >= 4 is 5.91 Å². The molecule has 0 aromatic heterocycles. The van der Waals surface area contributed by atoms with Crippen molar-refractivity contribution in [2.75, 3.05) is 20.3 Å². The third-order valence-electron chi connectivity index (χ3n) is 3.59. The molecule has 1 amide bonds. The molecule has 1 rings (SSSR count).